The van der Waals surface area contributed by atoms with Crippen LogP contribution in [0.4, 0.5) is 0 Å². The minimum atomic E-state index is -4.27. The molecule has 0 aliphatic heterocycles. The van der Waals surface area contributed by atoms with E-state index < -0.39 is 71.0 Å². The molecule has 12 aromatic heterocycles. The van der Waals surface area contributed by atoms with Gasteiger partial charge in [0, 0.05) is 235 Å². The van der Waals surface area contributed by atoms with Gasteiger partial charge in [0.05, 0.1) is 0 Å². The van der Waals surface area contributed by atoms with Gasteiger partial charge in [-0.05, 0) is 154 Å². The Morgan fingerprint density at radius 2 is 0.497 bits per heavy atom. The molecule has 0 saturated carbocycles. The molecule has 18 aromatic rings. The first-order valence-corrected chi connectivity index (χ1v) is 49.9. The van der Waals surface area contributed by atoms with Gasteiger partial charge in [-0.3, -0.25) is 57.2 Å². The predicted molar refractivity (Wildman–Crippen MR) is 521 cm³/mol. The number of hydrogen-bond acceptors (Lipinski definition) is 29. The molecular weight excluding hydrogens is 3070 g/mol. The van der Waals surface area contributed by atoms with Gasteiger partial charge in [0.1, 0.15) is 24.8 Å². The fraction of sp³-hybridized carbons (Fsp3) is 0.0900. The molecule has 0 unspecified atom stereocenters. The van der Waals surface area contributed by atoms with Crippen LogP contribution in [0.15, 0.2) is 433 Å². The quantitative estimate of drug-likeness (QED) is 0.0201. The average molecular weight is 3160 g/mol. The Morgan fingerprint density at radius 3 is 0.707 bits per heavy atom. The number of rotatable bonds is 18. The second-order valence-electron chi connectivity index (χ2n) is 28.2. The van der Waals surface area contributed by atoms with Crippen molar-refractivity contribution in [1.29, 1.82) is 0 Å². The Hall–Kier alpha value is -11.9. The molecule has 35 nitrogen and oxygen atoms in total. The summed E-state index contributed by atoms with van der Waals surface area (Å²) in [5.74, 6) is 0.306. The van der Waals surface area contributed by atoms with E-state index in [1.165, 1.54) is 108 Å². The zero-order valence-corrected chi connectivity index (χ0v) is 96.5. The van der Waals surface area contributed by atoms with Gasteiger partial charge in [-0.15, -0.1) is 0 Å². The topological polar surface area (TPSA) is 545 Å². The molecule has 0 atom stereocenters. The van der Waals surface area contributed by atoms with E-state index >= 15 is 0 Å². The van der Waals surface area contributed by atoms with E-state index in [1.807, 2.05) is 250 Å². The molecule has 47 heteroatoms. The molecule has 0 fully saturated rings. The van der Waals surface area contributed by atoms with Gasteiger partial charge < -0.3 is 0 Å². The average Bonchev–Trinajstić information content (AvgIpc) is 0.810. The van der Waals surface area contributed by atoms with Crippen LogP contribution < -0.4 is 0 Å². The van der Waals surface area contributed by atoms with Crippen LogP contribution in [0.3, 0.4) is 0 Å². The molecule has 147 heavy (non-hydrogen) atoms. The molecule has 18 rings (SSSR count). The smallest absolute Gasteiger partial charge is 0.281 e. The Morgan fingerprint density at radius 1 is 0.231 bits per heavy atom. The normalized spacial score (nSPS) is 10.2. The van der Waals surface area contributed by atoms with Crippen LogP contribution in [0.2, 0.25) is 0 Å². The summed E-state index contributed by atoms with van der Waals surface area (Å²) in [6.45, 7) is 5.87. The maximum absolute atomic E-state index is 10.5. The molecule has 6 aromatic carbocycles. The number of aryl methyl sites for hydroxylation is 1. The van der Waals surface area contributed by atoms with Crippen molar-refractivity contribution in [3.8, 4) is 0 Å². The van der Waals surface area contributed by atoms with Crippen LogP contribution in [-0.4, -0.2) is 163 Å². The van der Waals surface area contributed by atoms with Crippen LogP contribution in [0.25, 0.3) is 0 Å². The second kappa shape index (κ2) is 72.5. The van der Waals surface area contributed by atoms with Crippen molar-refractivity contribution in [2.24, 2.45) is 0 Å². The summed E-state index contributed by atoms with van der Waals surface area (Å²) >= 11 is 0. The SMILES string of the molecule is CC(C)(c1[c-]cccc1)c1ccccn1.Cc1nccc(S(=O)(=O)O)n1.O=S(=O)(O)c1ccccn1.O=S(=O)(O)c1ccccn1.O=S(=O)(O)c1ccncn1.O=S(=O)(O)c1ncccn1.O=S(=O)(O)c1ncncn1.[Ir].[Ir].[Ir].[Ir].[Ir].[Ir].[c-]1ccccc1Cc1ccccn1.[c-]1ccccc1Cc1ccccn1.[c-]1ccccc1Cc1ccccn1.[c-]1ccccc1Cc1ccccn1.[c-]1ccccc1Cc1ccccn1. The summed E-state index contributed by atoms with van der Waals surface area (Å²) in [6, 6.07) is 115. The van der Waals surface area contributed by atoms with Crippen LogP contribution in [0, 0.1) is 43.3 Å². The van der Waals surface area contributed by atoms with E-state index in [-0.39, 0.29) is 146 Å². The predicted octanol–water partition coefficient (Wildman–Crippen LogP) is 14.8. The summed E-state index contributed by atoms with van der Waals surface area (Å²) < 4.78 is 174. The number of hydrogen-bond donors (Lipinski definition) is 6. The van der Waals surface area contributed by atoms with E-state index in [2.05, 4.69) is 177 Å². The van der Waals surface area contributed by atoms with Gasteiger partial charge in [0.15, 0.2) is 20.1 Å². The van der Waals surface area contributed by atoms with Crippen molar-refractivity contribution in [2.75, 3.05) is 0 Å². The molecule has 0 spiro atoms. The zero-order chi connectivity index (χ0) is 102. The van der Waals surface area contributed by atoms with Gasteiger partial charge in [-0.25, -0.2) is 54.8 Å². The van der Waals surface area contributed by atoms with Gasteiger partial charge >= 0.3 is 60.7 Å². The Bertz CT molecular complexity index is 6250. The third-order valence-corrected chi connectivity index (χ3v) is 21.6. The second-order valence-corrected chi connectivity index (χ2v) is 36.3. The molecule has 12 heterocycles. The molecule has 0 bridgehead atoms. The Labute approximate surface area is 935 Å². The Kier molecular flexibility index (Phi) is 65.6. The number of benzene rings is 6. The number of aromatic nitrogens is 17. The van der Waals surface area contributed by atoms with Gasteiger partial charge in [-0.1, -0.05) is 62.4 Å². The third kappa shape index (κ3) is 57.3. The van der Waals surface area contributed by atoms with Crippen molar-refractivity contribution in [3.63, 3.8) is 0 Å². The van der Waals surface area contributed by atoms with Crippen molar-refractivity contribution in [1.82, 2.24) is 84.7 Å². The summed E-state index contributed by atoms with van der Waals surface area (Å²) in [7, 11) is -25.0. The molecule has 0 saturated heterocycles. The summed E-state index contributed by atoms with van der Waals surface area (Å²) in [4.78, 5) is 62.8. The van der Waals surface area contributed by atoms with Crippen molar-refractivity contribution < 1.29 is 198 Å². The fourth-order valence-corrected chi connectivity index (χ4v) is 13.2. The van der Waals surface area contributed by atoms with E-state index in [0.29, 0.717) is 5.82 Å². The first kappa shape index (κ1) is 133. The molecule has 0 aliphatic rings. The molecule has 0 aliphatic carbocycles. The largest absolute Gasteiger partial charge is 0.330 e. The number of nitrogens with zero attached hydrogens (tertiary/aromatic N) is 17. The maximum atomic E-state index is 10.5. The van der Waals surface area contributed by atoms with Gasteiger partial charge in [-0.2, -0.15) is 266 Å². The monoisotopic (exact) mass is 3170 g/mol. The van der Waals surface area contributed by atoms with Crippen LogP contribution in [-0.2, 0) is 219 Å². The van der Waals surface area contributed by atoms with Gasteiger partial charge in [0.2, 0.25) is 0 Å². The van der Waals surface area contributed by atoms with Crippen LogP contribution >= 0.6 is 0 Å². The summed E-state index contributed by atoms with van der Waals surface area (Å²) in [5, 5.41) is -2.62. The first-order valence-electron chi connectivity index (χ1n) is 41.3. The van der Waals surface area contributed by atoms with Crippen molar-refractivity contribution in [2.45, 2.75) is 88.7 Å². The molecule has 0 amide bonds. The fourth-order valence-electron chi connectivity index (χ4n) is 10.6. The summed E-state index contributed by atoms with van der Waals surface area (Å²) in [5.41, 5.74) is 13.5. The maximum Gasteiger partial charge on any atom is 0.330 e. The van der Waals surface area contributed by atoms with Crippen molar-refractivity contribution in [3.05, 3.63) is 512 Å². The standard InChI is InChI=1S/C14H14N.5C12H10N.C5H6N2O3S.2C5H5NO3S.2C4H4N2O3S.C3H3N3O3S.6Ir/c1-14(2,12-8-4-3-5-9-12)13-10-6-7-11-15-13;5*1-2-6-11(7-3-1)10-12-8-4-5-9-13-12;1-4-6-3-2-5(7-4)11(8,9)10;2*7-10(8,9)5-3-1-2-4-6-5;7-10(8,9)4-1-2-5-3-6-4;7-10(8,9)4-5-2-1-3-6-4;7-10(8,9)3-5-1-4-2-6-3;;;;;;/h3-8,10-11H,1-2H3;5*1-6,8-9H,10H2;2-3H,1H3,(H,8,9,10);2*1-4H,(H,7,8,9);2*1-3H,(H,7,8,9);1-2H,(H,7,8,9);;;;;;/q6*-1;;;;;;;;;;;;. The molecule has 780 valence electrons. The molecule has 6 N–H and O–H groups in total. The number of pyridine rings is 8. The van der Waals surface area contributed by atoms with Crippen molar-refractivity contribution >= 4 is 60.7 Å². The molecule has 6 radical (unpaired) electrons. The van der Waals surface area contributed by atoms with Crippen LogP contribution in [0.5, 0.6) is 0 Å². The minimum absolute atomic E-state index is 0. The van der Waals surface area contributed by atoms with Crippen LogP contribution in [0.1, 0.15) is 87.2 Å². The third-order valence-electron chi connectivity index (χ3n) is 17.2. The van der Waals surface area contributed by atoms with E-state index in [4.69, 9.17) is 27.3 Å². The van der Waals surface area contributed by atoms with E-state index in [0.717, 1.165) is 97.4 Å². The van der Waals surface area contributed by atoms with E-state index in [9.17, 15) is 50.5 Å². The van der Waals surface area contributed by atoms with Gasteiger partial charge in [0.25, 0.3) is 10.3 Å². The first-order chi connectivity index (χ1) is 67.5. The Balaban J connectivity index is 0.000000801. The summed E-state index contributed by atoms with van der Waals surface area (Å²) in [6.07, 6.45) is 25.8. The molecular formula is C100H91Ir6N17O18S6-6. The van der Waals surface area contributed by atoms with E-state index in [1.54, 1.807) is 12.1 Å². The zero-order valence-electron chi connectivity index (χ0n) is 77.3. The minimum Gasteiger partial charge on any atom is -0.281 e.